The summed E-state index contributed by atoms with van der Waals surface area (Å²) in [6.07, 6.45) is 5.51. The maximum atomic E-state index is 5.87. The summed E-state index contributed by atoms with van der Waals surface area (Å²) in [5.74, 6) is 1.62. The number of oxazole rings is 1. The lowest BCUT2D eigenvalue weighted by Gasteiger charge is -2.33. The quantitative estimate of drug-likeness (QED) is 0.929. The standard InChI is InChI=1S/C16H21N3O/c17-10-14-8-4-5-9-19(14)12-16-18-11-15(20-16)13-6-2-1-3-7-13/h1-3,6-7,11,14H,4-5,8-10,12,17H2. The SMILES string of the molecule is NCC1CCCCN1Cc1ncc(-c2ccccc2)o1. The van der Waals surface area contributed by atoms with Gasteiger partial charge in [-0.05, 0) is 19.4 Å². The Kier molecular flexibility index (Phi) is 4.14. The Hall–Kier alpha value is -1.65. The van der Waals surface area contributed by atoms with Crippen molar-refractivity contribution >= 4 is 0 Å². The van der Waals surface area contributed by atoms with Crippen LogP contribution in [0.15, 0.2) is 40.9 Å². The van der Waals surface area contributed by atoms with Crippen LogP contribution in [0.3, 0.4) is 0 Å². The second-order valence-corrected chi connectivity index (χ2v) is 5.34. The molecule has 3 rings (SSSR count). The minimum Gasteiger partial charge on any atom is -0.439 e. The summed E-state index contributed by atoms with van der Waals surface area (Å²) in [5.41, 5.74) is 6.92. The van der Waals surface area contributed by atoms with Crippen LogP contribution in [0.2, 0.25) is 0 Å². The molecule has 1 aliphatic heterocycles. The molecule has 2 heterocycles. The molecule has 0 spiro atoms. The molecule has 0 radical (unpaired) electrons. The number of nitrogens with zero attached hydrogens (tertiary/aromatic N) is 2. The molecule has 1 aromatic heterocycles. The van der Waals surface area contributed by atoms with Gasteiger partial charge in [0.25, 0.3) is 0 Å². The van der Waals surface area contributed by atoms with E-state index in [0.29, 0.717) is 12.6 Å². The monoisotopic (exact) mass is 271 g/mol. The van der Waals surface area contributed by atoms with Gasteiger partial charge in [-0.2, -0.15) is 0 Å². The van der Waals surface area contributed by atoms with E-state index in [2.05, 4.69) is 9.88 Å². The molecule has 2 aromatic rings. The Morgan fingerprint density at radius 1 is 1.25 bits per heavy atom. The number of hydrogen-bond donors (Lipinski definition) is 1. The van der Waals surface area contributed by atoms with Crippen LogP contribution >= 0.6 is 0 Å². The van der Waals surface area contributed by atoms with Crippen molar-refractivity contribution in [3.63, 3.8) is 0 Å². The first-order valence-electron chi connectivity index (χ1n) is 7.31. The van der Waals surface area contributed by atoms with E-state index < -0.39 is 0 Å². The lowest BCUT2D eigenvalue weighted by atomic mass is 10.0. The zero-order chi connectivity index (χ0) is 13.8. The fourth-order valence-corrected chi connectivity index (χ4v) is 2.83. The minimum absolute atomic E-state index is 0.468. The molecule has 0 amide bonds. The largest absolute Gasteiger partial charge is 0.439 e. The number of aromatic nitrogens is 1. The Morgan fingerprint density at radius 3 is 2.90 bits per heavy atom. The minimum atomic E-state index is 0.468. The van der Waals surface area contributed by atoms with E-state index >= 15 is 0 Å². The van der Waals surface area contributed by atoms with Crippen LogP contribution in [0, 0.1) is 0 Å². The summed E-state index contributed by atoms with van der Waals surface area (Å²) in [6.45, 7) is 2.56. The van der Waals surface area contributed by atoms with Crippen molar-refractivity contribution in [2.24, 2.45) is 5.73 Å². The number of nitrogens with two attached hydrogens (primary N) is 1. The van der Waals surface area contributed by atoms with Gasteiger partial charge in [0.2, 0.25) is 5.89 Å². The van der Waals surface area contributed by atoms with Crippen LogP contribution in [0.1, 0.15) is 25.2 Å². The van der Waals surface area contributed by atoms with E-state index in [1.165, 1.54) is 19.3 Å². The van der Waals surface area contributed by atoms with Crippen molar-refractivity contribution in [1.82, 2.24) is 9.88 Å². The van der Waals surface area contributed by atoms with Crippen LogP contribution in [0.4, 0.5) is 0 Å². The Morgan fingerprint density at radius 2 is 2.10 bits per heavy atom. The highest BCUT2D eigenvalue weighted by molar-refractivity contribution is 5.55. The van der Waals surface area contributed by atoms with Crippen LogP contribution in [-0.2, 0) is 6.54 Å². The predicted octanol–water partition coefficient (Wildman–Crippen LogP) is 2.65. The van der Waals surface area contributed by atoms with Gasteiger partial charge in [0, 0.05) is 18.2 Å². The van der Waals surface area contributed by atoms with Gasteiger partial charge in [-0.3, -0.25) is 4.90 Å². The third kappa shape index (κ3) is 2.92. The van der Waals surface area contributed by atoms with Gasteiger partial charge in [0.1, 0.15) is 0 Å². The Labute approximate surface area is 119 Å². The fourth-order valence-electron chi connectivity index (χ4n) is 2.83. The topological polar surface area (TPSA) is 55.3 Å². The third-order valence-corrected chi connectivity index (χ3v) is 3.97. The van der Waals surface area contributed by atoms with Crippen molar-refractivity contribution in [2.75, 3.05) is 13.1 Å². The number of likely N-dealkylation sites (tertiary alicyclic amines) is 1. The van der Waals surface area contributed by atoms with E-state index in [4.69, 9.17) is 10.2 Å². The summed E-state index contributed by atoms with van der Waals surface area (Å²) in [5, 5.41) is 0. The van der Waals surface area contributed by atoms with E-state index in [0.717, 1.165) is 30.3 Å². The number of hydrogen-bond acceptors (Lipinski definition) is 4. The molecule has 20 heavy (non-hydrogen) atoms. The molecule has 1 aromatic carbocycles. The van der Waals surface area contributed by atoms with Crippen molar-refractivity contribution in [1.29, 1.82) is 0 Å². The summed E-state index contributed by atoms with van der Waals surface area (Å²) < 4.78 is 5.87. The lowest BCUT2D eigenvalue weighted by molar-refractivity contribution is 0.132. The van der Waals surface area contributed by atoms with Crippen LogP contribution < -0.4 is 5.73 Å². The van der Waals surface area contributed by atoms with E-state index in [-0.39, 0.29) is 0 Å². The molecule has 1 saturated heterocycles. The Bertz CT molecular complexity index is 538. The predicted molar refractivity (Wildman–Crippen MR) is 79.0 cm³/mol. The van der Waals surface area contributed by atoms with Gasteiger partial charge < -0.3 is 10.2 Å². The van der Waals surface area contributed by atoms with Crippen molar-refractivity contribution in [3.05, 3.63) is 42.4 Å². The summed E-state index contributed by atoms with van der Waals surface area (Å²) in [7, 11) is 0. The zero-order valence-electron chi connectivity index (χ0n) is 11.7. The van der Waals surface area contributed by atoms with E-state index in [9.17, 15) is 0 Å². The molecule has 0 aliphatic carbocycles. The van der Waals surface area contributed by atoms with Gasteiger partial charge in [0.05, 0.1) is 12.7 Å². The summed E-state index contributed by atoms with van der Waals surface area (Å²) in [4.78, 5) is 6.80. The lowest BCUT2D eigenvalue weighted by Crippen LogP contribution is -2.43. The fraction of sp³-hybridized carbons (Fsp3) is 0.438. The number of rotatable bonds is 4. The summed E-state index contributed by atoms with van der Waals surface area (Å²) >= 11 is 0. The molecular weight excluding hydrogens is 250 g/mol. The van der Waals surface area contributed by atoms with Gasteiger partial charge in [-0.15, -0.1) is 0 Å². The van der Waals surface area contributed by atoms with Crippen molar-refractivity contribution in [2.45, 2.75) is 31.8 Å². The number of benzene rings is 1. The van der Waals surface area contributed by atoms with Crippen LogP contribution in [0.25, 0.3) is 11.3 Å². The number of piperidine rings is 1. The van der Waals surface area contributed by atoms with Gasteiger partial charge >= 0.3 is 0 Å². The molecule has 0 saturated carbocycles. The first-order chi connectivity index (χ1) is 9.86. The van der Waals surface area contributed by atoms with Gasteiger partial charge in [0.15, 0.2) is 5.76 Å². The maximum absolute atomic E-state index is 5.87. The normalized spacial score (nSPS) is 20.1. The molecular formula is C16H21N3O. The molecule has 1 aliphatic rings. The molecule has 0 bridgehead atoms. The zero-order valence-corrected chi connectivity index (χ0v) is 11.7. The third-order valence-electron chi connectivity index (χ3n) is 3.97. The highest BCUT2D eigenvalue weighted by Gasteiger charge is 2.22. The molecule has 2 N–H and O–H groups in total. The highest BCUT2D eigenvalue weighted by Crippen LogP contribution is 2.23. The first-order valence-corrected chi connectivity index (χ1v) is 7.31. The van der Waals surface area contributed by atoms with Gasteiger partial charge in [-0.1, -0.05) is 36.8 Å². The van der Waals surface area contributed by atoms with Crippen LogP contribution in [-0.4, -0.2) is 29.0 Å². The van der Waals surface area contributed by atoms with Crippen LogP contribution in [0.5, 0.6) is 0 Å². The maximum Gasteiger partial charge on any atom is 0.209 e. The first kappa shape index (κ1) is 13.3. The van der Waals surface area contributed by atoms with Gasteiger partial charge in [-0.25, -0.2) is 4.98 Å². The molecule has 1 fully saturated rings. The molecule has 4 nitrogen and oxygen atoms in total. The summed E-state index contributed by atoms with van der Waals surface area (Å²) in [6, 6.07) is 10.6. The Balaban J connectivity index is 1.71. The average Bonchev–Trinajstić information content (AvgIpc) is 2.97. The molecule has 1 unspecified atom stereocenters. The van der Waals surface area contributed by atoms with Crippen molar-refractivity contribution in [3.8, 4) is 11.3 Å². The smallest absolute Gasteiger partial charge is 0.209 e. The second-order valence-electron chi connectivity index (χ2n) is 5.34. The highest BCUT2D eigenvalue weighted by atomic mass is 16.4. The molecule has 106 valence electrons. The molecule has 1 atom stereocenters. The van der Waals surface area contributed by atoms with E-state index in [1.54, 1.807) is 0 Å². The molecule has 4 heteroatoms. The van der Waals surface area contributed by atoms with E-state index in [1.807, 2.05) is 36.5 Å². The van der Waals surface area contributed by atoms with Crippen molar-refractivity contribution < 1.29 is 4.42 Å². The average molecular weight is 271 g/mol. The second kappa shape index (κ2) is 6.20.